The minimum Gasteiger partial charge on any atom is -0.494 e. The maximum atomic E-state index is 14.0. The Morgan fingerprint density at radius 2 is 1.97 bits per heavy atom. The van der Waals surface area contributed by atoms with Gasteiger partial charge in [-0.3, -0.25) is 10.1 Å². The molecule has 0 saturated heterocycles. The fraction of sp³-hybridized carbons (Fsp3) is 0.136. The number of nitrogens with zero attached hydrogens (tertiary/aromatic N) is 4. The van der Waals surface area contributed by atoms with Crippen LogP contribution in [0.4, 0.5) is 21.7 Å². The highest BCUT2D eigenvalue weighted by molar-refractivity contribution is 6.08. The fourth-order valence-corrected chi connectivity index (χ4v) is 3.62. The number of fused-ring (bicyclic) bond motifs is 1. The van der Waals surface area contributed by atoms with Crippen LogP contribution in [-0.2, 0) is 11.8 Å². The van der Waals surface area contributed by atoms with Crippen molar-refractivity contribution in [2.24, 2.45) is 7.05 Å². The predicted octanol–water partition coefficient (Wildman–Crippen LogP) is 4.22. The number of hydrogen-bond donors (Lipinski definition) is 1. The van der Waals surface area contributed by atoms with Gasteiger partial charge < -0.3 is 19.4 Å². The first-order valence-corrected chi connectivity index (χ1v) is 9.63. The van der Waals surface area contributed by atoms with Crippen LogP contribution in [-0.4, -0.2) is 39.6 Å². The molecule has 1 N–H and O–H groups in total. The molecule has 11 heteroatoms. The zero-order valence-corrected chi connectivity index (χ0v) is 17.8. The lowest BCUT2D eigenvalue weighted by atomic mass is 10.1. The molecule has 0 radical (unpaired) electrons. The lowest BCUT2D eigenvalue weighted by molar-refractivity contribution is -0.387. The molecule has 2 aromatic heterocycles. The van der Waals surface area contributed by atoms with Crippen LogP contribution in [0.1, 0.15) is 10.5 Å². The largest absolute Gasteiger partial charge is 0.494 e. The minimum atomic E-state index is -1.03. The molecule has 2 aromatic carbocycles. The molecule has 168 valence electrons. The number of aromatic nitrogens is 3. The first-order valence-electron chi connectivity index (χ1n) is 9.63. The van der Waals surface area contributed by atoms with Gasteiger partial charge in [0.2, 0.25) is 11.8 Å². The van der Waals surface area contributed by atoms with Gasteiger partial charge in [0.05, 0.1) is 30.5 Å². The highest BCUT2D eigenvalue weighted by Crippen LogP contribution is 2.36. The average molecular weight is 451 g/mol. The van der Waals surface area contributed by atoms with Gasteiger partial charge in [0, 0.05) is 41.8 Å². The standard InChI is InChI=1S/C22H18FN5O5/c1-27-16-7-5-4-6-12(16)19(20(27)21(29)33-3)14-8-9-24-22(25-14)26-15-11-17(28(30)31)13(23)10-18(15)32-2/h4-11H,1-3H3,(H,24,25,26). The summed E-state index contributed by atoms with van der Waals surface area (Å²) >= 11 is 0. The third-order valence-corrected chi connectivity index (χ3v) is 5.11. The zero-order valence-electron chi connectivity index (χ0n) is 17.8. The monoisotopic (exact) mass is 451 g/mol. The minimum absolute atomic E-state index is 0.0347. The number of halogens is 1. The Morgan fingerprint density at radius 3 is 2.67 bits per heavy atom. The summed E-state index contributed by atoms with van der Waals surface area (Å²) in [5.41, 5.74) is 1.45. The van der Waals surface area contributed by atoms with Crippen LogP contribution in [0.2, 0.25) is 0 Å². The van der Waals surface area contributed by atoms with E-state index < -0.39 is 22.4 Å². The van der Waals surface area contributed by atoms with Gasteiger partial charge in [-0.1, -0.05) is 18.2 Å². The lowest BCUT2D eigenvalue weighted by Crippen LogP contribution is -2.09. The van der Waals surface area contributed by atoms with Crippen LogP contribution in [0.5, 0.6) is 5.75 Å². The molecule has 2 heterocycles. The number of ether oxygens (including phenoxy) is 2. The smallest absolute Gasteiger partial charge is 0.355 e. The van der Waals surface area contributed by atoms with Crippen molar-refractivity contribution in [2.75, 3.05) is 19.5 Å². The van der Waals surface area contributed by atoms with Crippen LogP contribution in [0, 0.1) is 15.9 Å². The highest BCUT2D eigenvalue weighted by atomic mass is 19.1. The lowest BCUT2D eigenvalue weighted by Gasteiger charge is -2.11. The number of carbonyl (C=O) groups excluding carboxylic acids is 1. The van der Waals surface area contributed by atoms with E-state index in [4.69, 9.17) is 9.47 Å². The SMILES string of the molecule is COC(=O)c1c(-c2ccnc(Nc3cc([N+](=O)[O-])c(F)cc3OC)n2)c2ccccc2n1C. The second-order valence-corrected chi connectivity index (χ2v) is 6.94. The number of hydrogen-bond acceptors (Lipinski definition) is 8. The van der Waals surface area contributed by atoms with Gasteiger partial charge in [0.25, 0.3) is 0 Å². The van der Waals surface area contributed by atoms with E-state index in [-0.39, 0.29) is 17.4 Å². The molecule has 4 aromatic rings. The molecule has 33 heavy (non-hydrogen) atoms. The molecule has 10 nitrogen and oxygen atoms in total. The third-order valence-electron chi connectivity index (χ3n) is 5.11. The van der Waals surface area contributed by atoms with E-state index in [9.17, 15) is 19.3 Å². The van der Waals surface area contributed by atoms with Crippen molar-refractivity contribution in [1.29, 1.82) is 0 Å². The van der Waals surface area contributed by atoms with E-state index in [1.165, 1.54) is 20.4 Å². The van der Waals surface area contributed by atoms with E-state index in [0.717, 1.165) is 23.0 Å². The maximum Gasteiger partial charge on any atom is 0.355 e. The van der Waals surface area contributed by atoms with Crippen molar-refractivity contribution in [1.82, 2.24) is 14.5 Å². The van der Waals surface area contributed by atoms with Crippen molar-refractivity contribution in [3.8, 4) is 17.0 Å². The average Bonchev–Trinajstić information content (AvgIpc) is 3.12. The summed E-state index contributed by atoms with van der Waals surface area (Å²) in [6, 6.07) is 11.0. The van der Waals surface area contributed by atoms with E-state index in [2.05, 4.69) is 15.3 Å². The van der Waals surface area contributed by atoms with Crippen LogP contribution in [0.25, 0.3) is 22.2 Å². The normalized spacial score (nSPS) is 10.8. The molecule has 0 aliphatic carbocycles. The molecule has 0 aliphatic rings. The number of aryl methyl sites for hydroxylation is 1. The molecular formula is C22H18FN5O5. The summed E-state index contributed by atoms with van der Waals surface area (Å²) in [5, 5.41) is 14.8. The quantitative estimate of drug-likeness (QED) is 0.263. The number of nitro benzene ring substituents is 1. The Kier molecular flexibility index (Phi) is 5.61. The molecule has 0 bridgehead atoms. The summed E-state index contributed by atoms with van der Waals surface area (Å²) in [7, 11) is 4.35. The summed E-state index contributed by atoms with van der Waals surface area (Å²) in [5.74, 6) is -1.47. The number of esters is 1. The number of benzene rings is 2. The summed E-state index contributed by atoms with van der Waals surface area (Å²) in [6.07, 6.45) is 1.47. The molecule has 0 fully saturated rings. The number of methoxy groups -OCH3 is 2. The molecular weight excluding hydrogens is 433 g/mol. The second-order valence-electron chi connectivity index (χ2n) is 6.94. The number of nitro groups is 1. The Bertz CT molecular complexity index is 1400. The van der Waals surface area contributed by atoms with Gasteiger partial charge in [0.1, 0.15) is 11.4 Å². The van der Waals surface area contributed by atoms with Gasteiger partial charge in [-0.25, -0.2) is 14.8 Å². The van der Waals surface area contributed by atoms with Gasteiger partial charge in [-0.15, -0.1) is 0 Å². The fourth-order valence-electron chi connectivity index (χ4n) is 3.62. The van der Waals surface area contributed by atoms with Crippen LogP contribution < -0.4 is 10.1 Å². The molecule has 0 aliphatic heterocycles. The summed E-state index contributed by atoms with van der Waals surface area (Å²) in [4.78, 5) is 31.5. The van der Waals surface area contributed by atoms with Gasteiger partial charge >= 0.3 is 11.7 Å². The Morgan fingerprint density at radius 1 is 1.21 bits per heavy atom. The van der Waals surface area contributed by atoms with E-state index in [0.29, 0.717) is 17.0 Å². The summed E-state index contributed by atoms with van der Waals surface area (Å²) < 4.78 is 25.8. The Labute approximate surface area is 186 Å². The number of para-hydroxylation sites is 1. The maximum absolute atomic E-state index is 14.0. The van der Waals surface area contributed by atoms with E-state index in [1.54, 1.807) is 17.7 Å². The topological polar surface area (TPSA) is 121 Å². The van der Waals surface area contributed by atoms with Crippen molar-refractivity contribution in [3.05, 3.63) is 70.3 Å². The van der Waals surface area contributed by atoms with Crippen molar-refractivity contribution in [2.45, 2.75) is 0 Å². The number of rotatable bonds is 6. The van der Waals surface area contributed by atoms with Gasteiger partial charge in [0.15, 0.2) is 0 Å². The zero-order chi connectivity index (χ0) is 23.7. The second kappa shape index (κ2) is 8.54. The molecule has 0 unspecified atom stereocenters. The van der Waals surface area contributed by atoms with Gasteiger partial charge in [-0.05, 0) is 12.1 Å². The Balaban J connectivity index is 1.84. The molecule has 0 atom stereocenters. The van der Waals surface area contributed by atoms with Crippen LogP contribution >= 0.6 is 0 Å². The molecule has 0 saturated carbocycles. The van der Waals surface area contributed by atoms with Crippen LogP contribution in [0.15, 0.2) is 48.7 Å². The highest BCUT2D eigenvalue weighted by Gasteiger charge is 2.24. The number of nitrogens with one attached hydrogen (secondary N) is 1. The number of anilines is 2. The molecule has 4 rings (SSSR count). The Hall–Kier alpha value is -4.54. The molecule has 0 amide bonds. The predicted molar refractivity (Wildman–Crippen MR) is 118 cm³/mol. The van der Waals surface area contributed by atoms with E-state index in [1.807, 2.05) is 24.3 Å². The van der Waals surface area contributed by atoms with Crippen molar-refractivity contribution < 1.29 is 23.6 Å². The van der Waals surface area contributed by atoms with Gasteiger partial charge in [-0.2, -0.15) is 4.39 Å². The molecule has 0 spiro atoms. The first-order chi connectivity index (χ1) is 15.8. The van der Waals surface area contributed by atoms with Crippen molar-refractivity contribution in [3.63, 3.8) is 0 Å². The van der Waals surface area contributed by atoms with E-state index >= 15 is 0 Å². The van der Waals surface area contributed by atoms with Crippen LogP contribution in [0.3, 0.4) is 0 Å². The van der Waals surface area contributed by atoms with Crippen molar-refractivity contribution >= 4 is 34.2 Å². The number of carbonyl (C=O) groups is 1. The third kappa shape index (κ3) is 3.80. The summed E-state index contributed by atoms with van der Waals surface area (Å²) in [6.45, 7) is 0. The first kappa shape index (κ1) is 21.7.